The van der Waals surface area contributed by atoms with Crippen LogP contribution in [-0.4, -0.2) is 231 Å². The SMILES string of the molecule is C=CC1C2Cc3c(C(C)=O)n[nH]c3C12.C=CC1C2Cc3c(C4=NCN=N4)n[nH]c3C12.CC(=O)c1n[nH]c2c1CC1C(CO)C21.CCOC(=O)c1n[nH]c2c1CC1C(CC)C21.CCOC(=O)c1n[nH]c2c1CC1C(CO)C21.CCOC(=O)c1n[nH]c2c1CC1C(COC)C21.COCC1C2Cc3c(C4=NCN=N4)n[nH]c3C12.OCC1C2Cc3c(C4=NCN=N4)n[nH]c3C12. The van der Waals surface area contributed by atoms with Crippen LogP contribution in [-0.2, 0) is 75.1 Å². The topological polar surface area (TPSA) is 533 Å². The number of azo groups is 3. The van der Waals surface area contributed by atoms with Crippen LogP contribution in [0.3, 0.4) is 0 Å². The zero-order valence-electron chi connectivity index (χ0n) is 71.6. The highest BCUT2D eigenvalue weighted by molar-refractivity contribution is 6.01. The number of methoxy groups -OCH3 is 2. The Hall–Kier alpha value is -11.5. The van der Waals surface area contributed by atoms with Crippen molar-refractivity contribution in [1.82, 2.24) is 81.6 Å². The third-order valence-corrected chi connectivity index (χ3v) is 30.2. The number of aromatic amines is 8. The molecule has 27 rings (SSSR count). The molecular formula is C88H105N25O13. The molecule has 19 aliphatic rings. The number of allylic oxidation sites excluding steroid dienone is 2. The zero-order valence-corrected chi connectivity index (χ0v) is 71.6. The van der Waals surface area contributed by atoms with Gasteiger partial charge in [0.25, 0.3) is 0 Å². The number of aliphatic hydroxyl groups excluding tert-OH is 3. The number of aliphatic imine (C=N–C) groups is 3. The minimum atomic E-state index is -0.346. The molecule has 11 N–H and O–H groups in total. The number of carbonyl (C=O) groups is 5. The van der Waals surface area contributed by atoms with Gasteiger partial charge >= 0.3 is 17.9 Å². The fourth-order valence-corrected chi connectivity index (χ4v) is 23.9. The van der Waals surface area contributed by atoms with Crippen molar-refractivity contribution >= 4 is 47.0 Å². The number of rotatable bonds is 21. The molecule has 0 aromatic carbocycles. The van der Waals surface area contributed by atoms with Gasteiger partial charge in [0.05, 0.1) is 19.8 Å². The van der Waals surface area contributed by atoms with Crippen LogP contribution in [0.1, 0.15) is 255 Å². The number of nitrogens with zero attached hydrogens (tertiary/aromatic N) is 17. The summed E-state index contributed by atoms with van der Waals surface area (Å²) in [5.74, 6) is 15.2. The van der Waals surface area contributed by atoms with E-state index in [1.807, 2.05) is 13.0 Å². The Balaban J connectivity index is 0.0000000909. The lowest BCUT2D eigenvalue weighted by Crippen LogP contribution is -2.09. The first-order valence-electron chi connectivity index (χ1n) is 44.4. The van der Waals surface area contributed by atoms with Gasteiger partial charge in [0.2, 0.25) is 0 Å². The van der Waals surface area contributed by atoms with Gasteiger partial charge in [-0.25, -0.2) is 29.4 Å². The lowest BCUT2D eigenvalue weighted by Gasteiger charge is -2.03. The second-order valence-electron chi connectivity index (χ2n) is 36.2. The Morgan fingerprint density at radius 3 is 0.897 bits per heavy atom. The number of nitrogens with one attached hydrogen (secondary N) is 8. The molecule has 24 unspecified atom stereocenters. The fourth-order valence-electron chi connectivity index (χ4n) is 23.9. The van der Waals surface area contributed by atoms with Crippen molar-refractivity contribution in [2.75, 3.05) is 87.1 Å². The highest BCUT2D eigenvalue weighted by Gasteiger charge is 2.64. The molecule has 8 fully saturated rings. The van der Waals surface area contributed by atoms with Crippen LogP contribution in [0.2, 0.25) is 0 Å². The number of ether oxygens (including phenoxy) is 5. The van der Waals surface area contributed by atoms with Crippen molar-refractivity contribution in [3.05, 3.63) is 161 Å². The summed E-state index contributed by atoms with van der Waals surface area (Å²) in [4.78, 5) is 70.0. The summed E-state index contributed by atoms with van der Waals surface area (Å²) < 4.78 is 25.3. The molecule has 16 aliphatic carbocycles. The molecule has 660 valence electrons. The number of hydrogen-bond donors (Lipinski definition) is 11. The summed E-state index contributed by atoms with van der Waals surface area (Å²) in [5, 5.41) is 108. The van der Waals surface area contributed by atoms with Crippen molar-refractivity contribution < 1.29 is 63.0 Å². The van der Waals surface area contributed by atoms with E-state index in [0.29, 0.717) is 204 Å². The molecule has 8 aromatic heterocycles. The molecule has 0 amide bonds. The Morgan fingerprint density at radius 2 is 0.603 bits per heavy atom. The number of aromatic nitrogens is 16. The Labute approximate surface area is 723 Å². The third kappa shape index (κ3) is 14.0. The molecule has 24 atom stereocenters. The van der Waals surface area contributed by atoms with E-state index in [1.54, 1.807) is 41.9 Å². The van der Waals surface area contributed by atoms with E-state index in [4.69, 9.17) is 39.0 Å². The Kier molecular flexibility index (Phi) is 21.7. The molecule has 0 radical (unpaired) electrons. The smallest absolute Gasteiger partial charge is 0.359 e. The van der Waals surface area contributed by atoms with Crippen molar-refractivity contribution in [3.63, 3.8) is 0 Å². The number of H-pyrrole nitrogens is 8. The van der Waals surface area contributed by atoms with Crippen LogP contribution < -0.4 is 0 Å². The molecule has 0 spiro atoms. The van der Waals surface area contributed by atoms with Crippen LogP contribution in [0.25, 0.3) is 0 Å². The molecule has 11 heterocycles. The first-order valence-corrected chi connectivity index (χ1v) is 44.4. The number of amidine groups is 3. The van der Waals surface area contributed by atoms with E-state index in [0.717, 1.165) is 150 Å². The largest absolute Gasteiger partial charge is 0.461 e. The summed E-state index contributed by atoms with van der Waals surface area (Å²) >= 11 is 0. The number of carbonyl (C=O) groups excluding carboxylic acids is 5. The van der Waals surface area contributed by atoms with Crippen molar-refractivity contribution in [1.29, 1.82) is 0 Å². The maximum Gasteiger partial charge on any atom is 0.359 e. The maximum absolute atomic E-state index is 11.7. The predicted molar refractivity (Wildman–Crippen MR) is 448 cm³/mol. The van der Waals surface area contributed by atoms with E-state index in [9.17, 15) is 24.0 Å². The van der Waals surface area contributed by atoms with Gasteiger partial charge in [-0.15, -0.1) is 28.5 Å². The summed E-state index contributed by atoms with van der Waals surface area (Å²) in [7, 11) is 3.49. The van der Waals surface area contributed by atoms with Gasteiger partial charge in [0, 0.05) is 199 Å². The van der Waals surface area contributed by atoms with Crippen molar-refractivity contribution in [2.45, 2.75) is 147 Å². The second-order valence-corrected chi connectivity index (χ2v) is 36.2. The van der Waals surface area contributed by atoms with Crippen LogP contribution >= 0.6 is 0 Å². The van der Waals surface area contributed by atoms with E-state index in [-0.39, 0.29) is 49.3 Å². The number of Topliss-reactive ketones (excluding diaryl/α,β-unsaturated/α-hetero) is 2. The number of ketones is 2. The summed E-state index contributed by atoms with van der Waals surface area (Å²) in [6, 6.07) is 0. The quantitative estimate of drug-likeness (QED) is 0.0138. The number of fused-ring (bicyclic) bond motifs is 24. The van der Waals surface area contributed by atoms with Gasteiger partial charge in [0.1, 0.15) is 28.5 Å². The number of hydrogen-bond acceptors (Lipinski definition) is 30. The minimum absolute atomic E-state index is 0.0318. The summed E-state index contributed by atoms with van der Waals surface area (Å²) in [6.45, 7) is 23.3. The number of aliphatic hydroxyl groups is 3. The van der Waals surface area contributed by atoms with E-state index in [2.05, 4.69) is 153 Å². The molecule has 38 heteroatoms. The average molecular weight is 1720 g/mol. The molecular weight excluding hydrogens is 1620 g/mol. The Bertz CT molecular complexity index is 5780. The standard InChI is InChI=1S/C12H16N2O3.C12H16N2O2.C11H13N5O.C11H11N5.C11H14N2O3.C11H12N2O.C10H11N5O.C10H12N2O2/c1-3-17-12(15)11-7-4-6-8(5-16-2)9(6)10(7)13-14-11;1-3-6-7-5-8-10(9(6)7)13-14-11(8)12(15)16-4-2;1-17-3-7-5-2-6-9(8(5)7)14-15-10(6)11-12-4-13-16-11;1-2-5-6-3-7-9(8(5)6)14-15-10(7)11-12-4-13-16-11;1-2-16-11(15)10-6-3-5-7(4-14)8(5)9(6)12-13-10;1-3-6-7-4-8-10(5(2)14)12-13-11(8)9(6)7;16-2-6-4-1-5-8(7(4)6)13-14-9(5)10-11-3-12-15-10;1-4(14)9-6-2-5-7(3-13)8(5)10(6)12-11-9/h6,8-9H,3-5H2,1-2H3,(H,13,14);6-7,9H,3-5H2,1-2H3,(H,13,14);5,7-8H,2-4H2,1H3,(H,14,15);2,5-6,8H,1,3-4H2,(H,14,15);5,7-8,14H,2-4H2,1H3,(H,12,13);3,6-7,9H,1,4H2,2H3,(H,12,13);4,6-7,16H,1-3H2,(H,13,14);5,7-8,13H,2-3H2,1H3,(H,11,12). The van der Waals surface area contributed by atoms with Gasteiger partial charge < -0.3 is 39.0 Å². The van der Waals surface area contributed by atoms with Gasteiger partial charge in [-0.1, -0.05) is 25.5 Å². The predicted octanol–water partition coefficient (Wildman–Crippen LogP) is 8.86. The lowest BCUT2D eigenvalue weighted by molar-refractivity contribution is 0.0508. The summed E-state index contributed by atoms with van der Waals surface area (Å²) in [5.41, 5.74) is 24.0. The van der Waals surface area contributed by atoms with Crippen molar-refractivity contribution in [3.8, 4) is 0 Å². The van der Waals surface area contributed by atoms with Gasteiger partial charge in [0.15, 0.2) is 66.2 Å². The van der Waals surface area contributed by atoms with Crippen LogP contribution in [0.4, 0.5) is 0 Å². The molecule has 0 saturated heterocycles. The van der Waals surface area contributed by atoms with E-state index >= 15 is 0 Å². The highest BCUT2D eigenvalue weighted by Crippen LogP contribution is 2.68. The monoisotopic (exact) mass is 1720 g/mol. The third-order valence-electron chi connectivity index (χ3n) is 30.2. The van der Waals surface area contributed by atoms with Crippen LogP contribution in [0.5, 0.6) is 0 Å². The minimum Gasteiger partial charge on any atom is -0.461 e. The van der Waals surface area contributed by atoms with Gasteiger partial charge in [-0.3, -0.25) is 50.4 Å². The fraction of sp³-hybridized carbons (Fsp3) is 0.591. The normalized spacial score (nSPS) is 31.6. The highest BCUT2D eigenvalue weighted by atomic mass is 16.5. The van der Waals surface area contributed by atoms with Gasteiger partial charge in [-0.2, -0.15) is 56.1 Å². The Morgan fingerprint density at radius 1 is 0.349 bits per heavy atom. The van der Waals surface area contributed by atoms with Crippen molar-refractivity contribution in [2.24, 2.45) is 140 Å². The molecule has 38 nitrogen and oxygen atoms in total. The zero-order chi connectivity index (χ0) is 87.1. The summed E-state index contributed by atoms with van der Waals surface area (Å²) in [6.07, 6.45) is 13.1. The number of esters is 3. The first-order chi connectivity index (χ1) is 61.5. The molecule has 0 bridgehead atoms. The second kappa shape index (κ2) is 33.1. The molecule has 8 saturated carbocycles. The van der Waals surface area contributed by atoms with E-state index in [1.165, 1.54) is 51.6 Å². The van der Waals surface area contributed by atoms with Crippen LogP contribution in [0, 0.1) is 94.7 Å². The first kappa shape index (κ1) is 82.8. The van der Waals surface area contributed by atoms with Gasteiger partial charge in [-0.05, 0) is 167 Å². The molecule has 8 aromatic rings. The molecule has 3 aliphatic heterocycles. The molecule has 126 heavy (non-hydrogen) atoms. The average Bonchev–Trinajstić information content (AvgIpc) is 2.44. The van der Waals surface area contributed by atoms with Crippen LogP contribution in [0.15, 0.2) is 71.0 Å². The maximum atomic E-state index is 11.7. The van der Waals surface area contributed by atoms with E-state index < -0.39 is 0 Å². The lowest BCUT2D eigenvalue weighted by atomic mass is 10.1.